The average molecular weight is 444 g/mol. The van der Waals surface area contributed by atoms with Crippen LogP contribution in [0.5, 0.6) is 0 Å². The number of aryl methyl sites for hydroxylation is 1. The maximum Gasteiger partial charge on any atom is 0.259 e. The van der Waals surface area contributed by atoms with Crippen molar-refractivity contribution in [3.63, 3.8) is 0 Å². The number of pyridine rings is 1. The van der Waals surface area contributed by atoms with Crippen molar-refractivity contribution in [3.8, 4) is 5.69 Å². The monoisotopic (exact) mass is 443 g/mol. The number of hydrogen-bond acceptors (Lipinski definition) is 4. The second-order valence-electron chi connectivity index (χ2n) is 8.96. The number of amides is 1. The Morgan fingerprint density at radius 3 is 2.82 bits per heavy atom. The van der Waals surface area contributed by atoms with Gasteiger partial charge in [-0.3, -0.25) is 9.79 Å². The Morgan fingerprint density at radius 1 is 1.24 bits per heavy atom. The van der Waals surface area contributed by atoms with E-state index in [-0.39, 0.29) is 5.56 Å². The topological polar surface area (TPSA) is 72.2 Å². The van der Waals surface area contributed by atoms with E-state index in [2.05, 4.69) is 40.2 Å². The molecule has 2 aliphatic rings. The minimum Gasteiger partial charge on any atom is -0.306 e. The van der Waals surface area contributed by atoms with Crippen molar-refractivity contribution in [2.45, 2.75) is 39.5 Å². The van der Waals surface area contributed by atoms with Crippen molar-refractivity contribution in [3.05, 3.63) is 82.8 Å². The SMILES string of the molecule is Cc1cc(F)c(C(=O)Nc2cccc(C3=NCC=C3C(C)C)n2)cc1-n1cnc(C2CC2)c1. The summed E-state index contributed by atoms with van der Waals surface area (Å²) in [4.78, 5) is 26.6. The number of aliphatic imine (C=N–C) groups is 1. The van der Waals surface area contributed by atoms with Crippen LogP contribution in [0.15, 0.2) is 59.5 Å². The molecule has 0 spiro atoms. The van der Waals surface area contributed by atoms with Gasteiger partial charge in [0.25, 0.3) is 5.91 Å². The van der Waals surface area contributed by atoms with Crippen LogP contribution in [-0.4, -0.2) is 32.7 Å². The van der Waals surface area contributed by atoms with Gasteiger partial charge in [-0.1, -0.05) is 26.0 Å². The number of carbonyl (C=O) groups excluding carboxylic acids is 1. The molecule has 1 aliphatic carbocycles. The van der Waals surface area contributed by atoms with E-state index in [0.29, 0.717) is 29.9 Å². The number of halogens is 1. The number of imidazole rings is 1. The molecule has 0 atom stereocenters. The van der Waals surface area contributed by atoms with E-state index in [0.717, 1.165) is 41.1 Å². The lowest BCUT2D eigenvalue weighted by atomic mass is 9.97. The fourth-order valence-corrected chi connectivity index (χ4v) is 4.15. The minimum atomic E-state index is -0.572. The molecule has 1 N–H and O–H groups in total. The van der Waals surface area contributed by atoms with Gasteiger partial charge in [0.2, 0.25) is 0 Å². The van der Waals surface area contributed by atoms with E-state index >= 15 is 0 Å². The van der Waals surface area contributed by atoms with E-state index in [1.54, 1.807) is 18.5 Å². The molecule has 0 bridgehead atoms. The maximum absolute atomic E-state index is 14.8. The summed E-state index contributed by atoms with van der Waals surface area (Å²) in [7, 11) is 0. The smallest absolute Gasteiger partial charge is 0.259 e. The molecule has 0 radical (unpaired) electrons. The van der Waals surface area contributed by atoms with Gasteiger partial charge in [0, 0.05) is 12.1 Å². The van der Waals surface area contributed by atoms with Crippen molar-refractivity contribution < 1.29 is 9.18 Å². The molecule has 0 unspecified atom stereocenters. The molecule has 1 saturated carbocycles. The number of allylic oxidation sites excluding steroid dienone is 1. The summed E-state index contributed by atoms with van der Waals surface area (Å²) in [6.45, 7) is 6.69. The minimum absolute atomic E-state index is 0.0366. The van der Waals surface area contributed by atoms with Gasteiger partial charge in [-0.05, 0) is 61.1 Å². The quantitative estimate of drug-likeness (QED) is 0.567. The zero-order valence-corrected chi connectivity index (χ0v) is 19.0. The Morgan fingerprint density at radius 2 is 2.06 bits per heavy atom. The van der Waals surface area contributed by atoms with Crippen LogP contribution in [-0.2, 0) is 0 Å². The average Bonchev–Trinajstić information content (AvgIpc) is 3.31. The zero-order valence-electron chi connectivity index (χ0n) is 19.0. The van der Waals surface area contributed by atoms with E-state index in [1.807, 2.05) is 29.8 Å². The van der Waals surface area contributed by atoms with Crippen LogP contribution in [0, 0.1) is 18.7 Å². The van der Waals surface area contributed by atoms with Crippen LogP contribution in [0.4, 0.5) is 10.2 Å². The molecule has 3 heterocycles. The highest BCUT2D eigenvalue weighted by Gasteiger charge is 2.26. The van der Waals surface area contributed by atoms with Crippen LogP contribution in [0.2, 0.25) is 0 Å². The molecule has 168 valence electrons. The van der Waals surface area contributed by atoms with E-state index in [1.165, 1.54) is 6.07 Å². The van der Waals surface area contributed by atoms with Crippen LogP contribution >= 0.6 is 0 Å². The Balaban J connectivity index is 1.40. The molecular weight excluding hydrogens is 417 g/mol. The fourth-order valence-electron chi connectivity index (χ4n) is 4.15. The van der Waals surface area contributed by atoms with E-state index in [4.69, 9.17) is 0 Å². The highest BCUT2D eigenvalue weighted by molar-refractivity contribution is 6.13. The van der Waals surface area contributed by atoms with Crippen molar-refractivity contribution in [2.24, 2.45) is 10.9 Å². The molecule has 1 fully saturated rings. The molecule has 1 aromatic carbocycles. The number of benzene rings is 1. The van der Waals surface area contributed by atoms with Gasteiger partial charge < -0.3 is 9.88 Å². The van der Waals surface area contributed by atoms with Crippen molar-refractivity contribution in [2.75, 3.05) is 11.9 Å². The number of aromatic nitrogens is 3. The van der Waals surface area contributed by atoms with Gasteiger partial charge in [0.15, 0.2) is 0 Å². The Bertz CT molecular complexity index is 1300. The second kappa shape index (κ2) is 8.39. The molecule has 5 rings (SSSR count). The zero-order chi connectivity index (χ0) is 23.1. The first-order chi connectivity index (χ1) is 15.9. The summed E-state index contributed by atoms with van der Waals surface area (Å²) >= 11 is 0. The molecule has 3 aromatic rings. The third kappa shape index (κ3) is 4.23. The number of carbonyl (C=O) groups is 1. The Labute approximate surface area is 192 Å². The maximum atomic E-state index is 14.8. The third-order valence-corrected chi connectivity index (χ3v) is 6.10. The predicted molar refractivity (Wildman–Crippen MR) is 127 cm³/mol. The van der Waals surface area contributed by atoms with Gasteiger partial charge in [0.05, 0.1) is 41.2 Å². The molecule has 33 heavy (non-hydrogen) atoms. The van der Waals surface area contributed by atoms with Gasteiger partial charge in [0.1, 0.15) is 11.6 Å². The lowest BCUT2D eigenvalue weighted by Crippen LogP contribution is -2.17. The second-order valence-corrected chi connectivity index (χ2v) is 8.96. The van der Waals surface area contributed by atoms with E-state index < -0.39 is 11.7 Å². The number of hydrogen-bond donors (Lipinski definition) is 1. The summed E-state index contributed by atoms with van der Waals surface area (Å²) in [6, 6.07) is 8.34. The lowest BCUT2D eigenvalue weighted by Gasteiger charge is -2.13. The summed E-state index contributed by atoms with van der Waals surface area (Å²) < 4.78 is 16.6. The summed E-state index contributed by atoms with van der Waals surface area (Å²) in [6.07, 6.45) is 8.09. The van der Waals surface area contributed by atoms with Crippen LogP contribution in [0.3, 0.4) is 0 Å². The summed E-state index contributed by atoms with van der Waals surface area (Å²) in [5.74, 6) is 0.0839. The van der Waals surface area contributed by atoms with Crippen molar-refractivity contribution in [1.82, 2.24) is 14.5 Å². The van der Waals surface area contributed by atoms with Crippen LogP contribution < -0.4 is 5.32 Å². The number of anilines is 1. The lowest BCUT2D eigenvalue weighted by molar-refractivity contribution is 0.102. The van der Waals surface area contributed by atoms with Gasteiger partial charge in [-0.25, -0.2) is 14.4 Å². The fraction of sp³-hybridized carbons (Fsp3) is 0.308. The first-order valence-electron chi connectivity index (χ1n) is 11.3. The molecule has 1 amide bonds. The van der Waals surface area contributed by atoms with Gasteiger partial charge in [-0.2, -0.15) is 0 Å². The summed E-state index contributed by atoms with van der Waals surface area (Å²) in [5, 5.41) is 2.75. The third-order valence-electron chi connectivity index (χ3n) is 6.10. The number of nitrogens with one attached hydrogen (secondary N) is 1. The van der Waals surface area contributed by atoms with Crippen LogP contribution in [0.1, 0.15) is 59.9 Å². The molecule has 6 nitrogen and oxygen atoms in total. The van der Waals surface area contributed by atoms with Crippen molar-refractivity contribution >= 4 is 17.4 Å². The van der Waals surface area contributed by atoms with Crippen LogP contribution in [0.25, 0.3) is 5.69 Å². The van der Waals surface area contributed by atoms with Gasteiger partial charge in [-0.15, -0.1) is 0 Å². The standard InChI is InChI=1S/C26H26FN5O/c1-15(2)18-9-10-28-25(18)21-5-4-6-24(30-21)31-26(33)19-12-23(16(3)11-20(19)27)32-13-22(29-14-32)17-7-8-17/h4-6,9,11-15,17H,7-8,10H2,1-3H3,(H,30,31,33). The van der Waals surface area contributed by atoms with Gasteiger partial charge >= 0.3 is 0 Å². The van der Waals surface area contributed by atoms with Crippen molar-refractivity contribution in [1.29, 1.82) is 0 Å². The first-order valence-corrected chi connectivity index (χ1v) is 11.3. The molecule has 0 saturated heterocycles. The molecular formula is C26H26FN5O. The molecule has 2 aromatic heterocycles. The number of rotatable bonds is 6. The number of nitrogens with zero attached hydrogens (tertiary/aromatic N) is 4. The Kier molecular flexibility index (Phi) is 5.40. The normalized spacial score (nSPS) is 15.5. The summed E-state index contributed by atoms with van der Waals surface area (Å²) in [5.41, 5.74) is 5.15. The predicted octanol–water partition coefficient (Wildman–Crippen LogP) is 5.23. The molecule has 1 aliphatic heterocycles. The largest absolute Gasteiger partial charge is 0.306 e. The highest BCUT2D eigenvalue weighted by Crippen LogP contribution is 2.39. The highest BCUT2D eigenvalue weighted by atomic mass is 19.1. The molecule has 7 heteroatoms. The first kappa shape index (κ1) is 21.2. The Hall–Kier alpha value is -3.61. The van der Waals surface area contributed by atoms with E-state index in [9.17, 15) is 9.18 Å².